The molecule has 14 heavy (non-hydrogen) atoms. The van der Waals surface area contributed by atoms with Crippen molar-refractivity contribution in [1.82, 2.24) is 10.2 Å². The van der Waals surface area contributed by atoms with Crippen molar-refractivity contribution in [3.8, 4) is 0 Å². The highest BCUT2D eigenvalue weighted by atomic mass is 16.3. The van der Waals surface area contributed by atoms with Crippen molar-refractivity contribution in [2.24, 2.45) is 5.92 Å². The summed E-state index contributed by atoms with van der Waals surface area (Å²) in [6, 6.07) is 0. The molecule has 1 heterocycles. The van der Waals surface area contributed by atoms with Crippen molar-refractivity contribution < 1.29 is 5.11 Å². The van der Waals surface area contributed by atoms with Crippen LogP contribution in [0.5, 0.6) is 0 Å². The van der Waals surface area contributed by atoms with Gasteiger partial charge in [-0.05, 0) is 45.4 Å². The average Bonchev–Trinajstić information content (AvgIpc) is 2.18. The molecule has 0 atom stereocenters. The summed E-state index contributed by atoms with van der Waals surface area (Å²) in [6.07, 6.45) is 2.12. The zero-order valence-electron chi connectivity index (χ0n) is 9.71. The van der Waals surface area contributed by atoms with E-state index in [-0.39, 0.29) is 12.1 Å². The second-order valence-corrected chi connectivity index (χ2v) is 5.02. The molecular weight excluding hydrogens is 176 g/mol. The van der Waals surface area contributed by atoms with Gasteiger partial charge in [-0.3, -0.25) is 0 Å². The molecule has 0 spiro atoms. The lowest BCUT2D eigenvalue weighted by atomic mass is 9.88. The molecule has 1 fully saturated rings. The minimum atomic E-state index is -0.00319. The molecule has 0 unspecified atom stereocenters. The van der Waals surface area contributed by atoms with E-state index >= 15 is 0 Å². The fourth-order valence-corrected chi connectivity index (χ4v) is 1.86. The van der Waals surface area contributed by atoms with Crippen LogP contribution >= 0.6 is 0 Å². The van der Waals surface area contributed by atoms with Gasteiger partial charge in [-0.2, -0.15) is 0 Å². The van der Waals surface area contributed by atoms with Crippen LogP contribution in [-0.2, 0) is 0 Å². The fourth-order valence-electron chi connectivity index (χ4n) is 1.86. The van der Waals surface area contributed by atoms with Crippen LogP contribution in [0.3, 0.4) is 0 Å². The third-order valence-corrected chi connectivity index (χ3v) is 3.13. The van der Waals surface area contributed by atoms with E-state index in [9.17, 15) is 5.11 Å². The topological polar surface area (TPSA) is 35.5 Å². The Hall–Kier alpha value is -0.120. The molecular formula is C11H24N2O. The molecule has 2 N–H and O–H groups in total. The SMILES string of the molecule is CC(C)CNC1(CO)CCN(C)CC1. The third kappa shape index (κ3) is 3.23. The maximum absolute atomic E-state index is 9.46. The summed E-state index contributed by atoms with van der Waals surface area (Å²) in [5.74, 6) is 0.651. The van der Waals surface area contributed by atoms with Crippen LogP contribution in [0.2, 0.25) is 0 Å². The monoisotopic (exact) mass is 200 g/mol. The minimum absolute atomic E-state index is 0.00319. The maximum atomic E-state index is 9.46. The number of aliphatic hydroxyl groups excluding tert-OH is 1. The number of piperidine rings is 1. The summed E-state index contributed by atoms with van der Waals surface area (Å²) in [4.78, 5) is 2.32. The number of nitrogens with one attached hydrogen (secondary N) is 1. The normalized spacial score (nSPS) is 22.9. The zero-order chi connectivity index (χ0) is 10.6. The second kappa shape index (κ2) is 5.10. The van der Waals surface area contributed by atoms with Crippen LogP contribution in [0.15, 0.2) is 0 Å². The lowest BCUT2D eigenvalue weighted by Gasteiger charge is -2.40. The number of rotatable bonds is 4. The molecule has 0 aromatic heterocycles. The Labute approximate surface area is 87.5 Å². The number of aliphatic hydroxyl groups is 1. The molecule has 1 rings (SSSR count). The molecule has 0 bridgehead atoms. The molecule has 0 amide bonds. The first-order chi connectivity index (χ1) is 6.58. The van der Waals surface area contributed by atoms with Crippen LogP contribution in [0, 0.1) is 5.92 Å². The lowest BCUT2D eigenvalue weighted by Crippen LogP contribution is -2.55. The van der Waals surface area contributed by atoms with E-state index in [1.54, 1.807) is 0 Å². The predicted octanol–water partition coefficient (Wildman–Crippen LogP) is 0.689. The van der Waals surface area contributed by atoms with Gasteiger partial charge in [0.25, 0.3) is 0 Å². The molecule has 1 aliphatic heterocycles. The number of nitrogens with zero attached hydrogens (tertiary/aromatic N) is 1. The Kier molecular flexibility index (Phi) is 4.35. The summed E-state index contributed by atoms with van der Waals surface area (Å²) < 4.78 is 0. The van der Waals surface area contributed by atoms with Crippen LogP contribution in [0.4, 0.5) is 0 Å². The van der Waals surface area contributed by atoms with Crippen molar-refractivity contribution in [2.75, 3.05) is 33.3 Å². The van der Waals surface area contributed by atoms with Crippen LogP contribution in [0.1, 0.15) is 26.7 Å². The average molecular weight is 200 g/mol. The predicted molar refractivity (Wildman–Crippen MR) is 59.4 cm³/mol. The van der Waals surface area contributed by atoms with Crippen molar-refractivity contribution in [2.45, 2.75) is 32.2 Å². The van der Waals surface area contributed by atoms with Gasteiger partial charge < -0.3 is 15.3 Å². The van der Waals surface area contributed by atoms with Gasteiger partial charge in [0.15, 0.2) is 0 Å². The highest BCUT2D eigenvalue weighted by molar-refractivity contribution is 4.92. The highest BCUT2D eigenvalue weighted by Gasteiger charge is 2.32. The van der Waals surface area contributed by atoms with E-state index < -0.39 is 0 Å². The molecule has 84 valence electrons. The van der Waals surface area contributed by atoms with E-state index in [0.29, 0.717) is 5.92 Å². The van der Waals surface area contributed by atoms with E-state index in [2.05, 4.69) is 31.1 Å². The molecule has 0 aliphatic carbocycles. The number of likely N-dealkylation sites (tertiary alicyclic amines) is 1. The highest BCUT2D eigenvalue weighted by Crippen LogP contribution is 2.21. The van der Waals surface area contributed by atoms with E-state index in [1.807, 2.05) is 0 Å². The molecule has 3 nitrogen and oxygen atoms in total. The van der Waals surface area contributed by atoms with Gasteiger partial charge in [-0.15, -0.1) is 0 Å². The summed E-state index contributed by atoms with van der Waals surface area (Å²) >= 11 is 0. The number of hydrogen-bond donors (Lipinski definition) is 2. The summed E-state index contributed by atoms with van der Waals surface area (Å²) in [5, 5.41) is 13.0. The summed E-state index contributed by atoms with van der Waals surface area (Å²) in [6.45, 7) is 7.86. The Morgan fingerprint density at radius 3 is 2.36 bits per heavy atom. The quantitative estimate of drug-likeness (QED) is 0.701. The molecule has 0 saturated carbocycles. The van der Waals surface area contributed by atoms with Gasteiger partial charge in [0.05, 0.1) is 6.61 Å². The van der Waals surface area contributed by atoms with Gasteiger partial charge in [-0.25, -0.2) is 0 Å². The van der Waals surface area contributed by atoms with Gasteiger partial charge in [0.2, 0.25) is 0 Å². The van der Waals surface area contributed by atoms with Crippen LogP contribution in [-0.4, -0.2) is 48.8 Å². The van der Waals surface area contributed by atoms with Crippen molar-refractivity contribution in [3.63, 3.8) is 0 Å². The van der Waals surface area contributed by atoms with E-state index in [4.69, 9.17) is 0 Å². The standard InChI is InChI=1S/C11H24N2O/c1-10(2)8-12-11(9-14)4-6-13(3)7-5-11/h10,12,14H,4-9H2,1-3H3. The van der Waals surface area contributed by atoms with Crippen LogP contribution in [0.25, 0.3) is 0 Å². The Morgan fingerprint density at radius 2 is 1.93 bits per heavy atom. The maximum Gasteiger partial charge on any atom is 0.0614 e. The second-order valence-electron chi connectivity index (χ2n) is 5.02. The summed E-state index contributed by atoms with van der Waals surface area (Å²) in [5.41, 5.74) is -0.00319. The van der Waals surface area contributed by atoms with Gasteiger partial charge in [0, 0.05) is 5.54 Å². The molecule has 1 aliphatic rings. The third-order valence-electron chi connectivity index (χ3n) is 3.13. The molecule has 0 aromatic carbocycles. The first-order valence-electron chi connectivity index (χ1n) is 5.62. The van der Waals surface area contributed by atoms with Gasteiger partial charge >= 0.3 is 0 Å². The smallest absolute Gasteiger partial charge is 0.0614 e. The van der Waals surface area contributed by atoms with Crippen molar-refractivity contribution >= 4 is 0 Å². The molecule has 0 radical (unpaired) electrons. The molecule has 1 saturated heterocycles. The van der Waals surface area contributed by atoms with Crippen LogP contribution < -0.4 is 5.32 Å². The Balaban J connectivity index is 2.41. The van der Waals surface area contributed by atoms with Crippen molar-refractivity contribution in [1.29, 1.82) is 0 Å². The molecule has 0 aromatic rings. The Bertz CT molecular complexity index is 163. The van der Waals surface area contributed by atoms with E-state index in [1.165, 1.54) is 0 Å². The van der Waals surface area contributed by atoms with E-state index in [0.717, 1.165) is 32.5 Å². The Morgan fingerprint density at radius 1 is 1.36 bits per heavy atom. The first kappa shape index (κ1) is 12.0. The first-order valence-corrected chi connectivity index (χ1v) is 5.62. The zero-order valence-corrected chi connectivity index (χ0v) is 9.71. The van der Waals surface area contributed by atoms with Gasteiger partial charge in [0.1, 0.15) is 0 Å². The van der Waals surface area contributed by atoms with Gasteiger partial charge in [-0.1, -0.05) is 13.8 Å². The lowest BCUT2D eigenvalue weighted by molar-refractivity contribution is 0.0869. The largest absolute Gasteiger partial charge is 0.394 e. The summed E-state index contributed by atoms with van der Waals surface area (Å²) in [7, 11) is 2.14. The van der Waals surface area contributed by atoms with Crippen molar-refractivity contribution in [3.05, 3.63) is 0 Å². The minimum Gasteiger partial charge on any atom is -0.394 e. The fraction of sp³-hybridized carbons (Fsp3) is 1.00. The molecule has 3 heteroatoms. The number of hydrogen-bond acceptors (Lipinski definition) is 3.